The van der Waals surface area contributed by atoms with Gasteiger partial charge in [0.05, 0.1) is 0 Å². The van der Waals surface area contributed by atoms with Crippen molar-refractivity contribution >= 4 is 10.3 Å². The Morgan fingerprint density at radius 3 is 2.22 bits per heavy atom. The monoisotopic (exact) mass is 164 g/mol. The molecule has 0 aliphatic carbocycles. The summed E-state index contributed by atoms with van der Waals surface area (Å²) in [5.41, 5.74) is 4.90. The summed E-state index contributed by atoms with van der Waals surface area (Å²) in [5, 5.41) is 0. The molecule has 5 nitrogen and oxygen atoms in total. The predicted octanol–water partition coefficient (Wildman–Crippen LogP) is -4.55. The summed E-state index contributed by atoms with van der Waals surface area (Å²) in [6.07, 6.45) is 0. The van der Waals surface area contributed by atoms with Crippen LogP contribution in [-0.4, -0.2) is 26.1 Å². The molecule has 0 saturated heterocycles. The summed E-state index contributed by atoms with van der Waals surface area (Å²) in [5.74, 6) is 0. The quantitative estimate of drug-likeness (QED) is 0.289. The van der Waals surface area contributed by atoms with Crippen molar-refractivity contribution < 1.29 is 44.0 Å². The minimum Gasteiger partial charge on any atom is -1.00 e. The van der Waals surface area contributed by atoms with Crippen LogP contribution >= 0.6 is 0 Å². The van der Waals surface area contributed by atoms with Gasteiger partial charge in [-0.15, -0.1) is 0 Å². The molecule has 0 saturated carbocycles. The van der Waals surface area contributed by atoms with E-state index < -0.39 is 10.3 Å². The van der Waals surface area contributed by atoms with E-state index in [1.807, 2.05) is 0 Å². The summed E-state index contributed by atoms with van der Waals surface area (Å²) >= 11 is 0. The first-order valence-corrected chi connectivity index (χ1v) is 3.42. The van der Waals surface area contributed by atoms with Crippen LogP contribution in [0.5, 0.6) is 0 Å². The SMILES string of the molecule is NCCNS(=O)(=O)O.[H-].[Na+]. The van der Waals surface area contributed by atoms with Gasteiger partial charge in [-0.2, -0.15) is 13.1 Å². The van der Waals surface area contributed by atoms with Gasteiger partial charge >= 0.3 is 39.9 Å². The smallest absolute Gasteiger partial charge is 1.00 e. The Hall–Kier alpha value is 0.830. The number of hydrogen-bond donors (Lipinski definition) is 3. The fourth-order valence-corrected chi connectivity index (χ4v) is 0.564. The van der Waals surface area contributed by atoms with Gasteiger partial charge in [0.15, 0.2) is 0 Å². The Balaban J connectivity index is -0.000000245. The Labute approximate surface area is 77.7 Å². The van der Waals surface area contributed by atoms with Crippen LogP contribution in [0.3, 0.4) is 0 Å². The maximum Gasteiger partial charge on any atom is 1.00 e. The van der Waals surface area contributed by atoms with Gasteiger partial charge in [-0.1, -0.05) is 0 Å². The van der Waals surface area contributed by atoms with Crippen molar-refractivity contribution in [2.45, 2.75) is 0 Å². The van der Waals surface area contributed by atoms with Crippen LogP contribution in [0.4, 0.5) is 0 Å². The third-order valence-electron chi connectivity index (χ3n) is 0.429. The Morgan fingerprint density at radius 1 is 1.67 bits per heavy atom. The van der Waals surface area contributed by atoms with Gasteiger partial charge in [-0.25, -0.2) is 0 Å². The molecular formula is C2H9N2NaO3S. The molecule has 0 atom stereocenters. The van der Waals surface area contributed by atoms with Gasteiger partial charge in [0.2, 0.25) is 0 Å². The number of nitrogens with two attached hydrogens (primary N) is 1. The van der Waals surface area contributed by atoms with Gasteiger partial charge in [-0.3, -0.25) is 4.55 Å². The summed E-state index contributed by atoms with van der Waals surface area (Å²) in [6.45, 7) is 0.249. The molecule has 0 amide bonds. The molecule has 0 fully saturated rings. The van der Waals surface area contributed by atoms with E-state index in [-0.39, 0.29) is 44.1 Å². The van der Waals surface area contributed by atoms with Crippen LogP contribution in [0.1, 0.15) is 1.43 Å². The van der Waals surface area contributed by atoms with Crippen LogP contribution in [0.2, 0.25) is 0 Å². The van der Waals surface area contributed by atoms with Crippen molar-refractivity contribution in [1.29, 1.82) is 0 Å². The average Bonchev–Trinajstić information content (AvgIpc) is 1.59. The van der Waals surface area contributed by atoms with E-state index in [0.717, 1.165) is 0 Å². The van der Waals surface area contributed by atoms with Crippen LogP contribution in [-0.2, 0) is 10.3 Å². The van der Waals surface area contributed by atoms with Crippen molar-refractivity contribution in [2.75, 3.05) is 13.1 Å². The largest absolute Gasteiger partial charge is 1.00 e. The zero-order chi connectivity index (χ0) is 6.62. The zero-order valence-corrected chi connectivity index (χ0v) is 7.98. The molecule has 0 radical (unpaired) electrons. The van der Waals surface area contributed by atoms with Crippen LogP contribution in [0.25, 0.3) is 0 Å². The first kappa shape index (κ1) is 12.5. The van der Waals surface area contributed by atoms with E-state index in [1.54, 1.807) is 4.72 Å². The topological polar surface area (TPSA) is 92.4 Å². The number of hydrogen-bond acceptors (Lipinski definition) is 3. The molecule has 7 heteroatoms. The van der Waals surface area contributed by atoms with Crippen LogP contribution in [0.15, 0.2) is 0 Å². The van der Waals surface area contributed by atoms with Crippen LogP contribution < -0.4 is 40.0 Å². The van der Waals surface area contributed by atoms with E-state index >= 15 is 0 Å². The van der Waals surface area contributed by atoms with Crippen molar-refractivity contribution in [1.82, 2.24) is 4.72 Å². The van der Waals surface area contributed by atoms with Gasteiger partial charge in [0.1, 0.15) is 0 Å². The van der Waals surface area contributed by atoms with Gasteiger partial charge < -0.3 is 7.16 Å². The normalized spacial score (nSPS) is 10.4. The Bertz CT molecular complexity index is 149. The van der Waals surface area contributed by atoms with Crippen molar-refractivity contribution in [2.24, 2.45) is 5.73 Å². The maximum atomic E-state index is 9.78. The summed E-state index contributed by atoms with van der Waals surface area (Å²) in [4.78, 5) is 0. The van der Waals surface area contributed by atoms with E-state index in [2.05, 4.69) is 0 Å². The third kappa shape index (κ3) is 12.1. The van der Waals surface area contributed by atoms with Gasteiger partial charge in [0, 0.05) is 13.1 Å². The standard InChI is InChI=1S/C2H8N2O3S.Na.H/c3-1-2-4-8(5,6)7;;/h4H,1-3H2,(H,5,6,7);;/q;+1;-1. The minimum absolute atomic E-state index is 0. The summed E-state index contributed by atoms with van der Waals surface area (Å²) in [6, 6.07) is 0. The first-order chi connectivity index (χ1) is 3.56. The second kappa shape index (κ2) is 5.60. The van der Waals surface area contributed by atoms with Crippen molar-refractivity contribution in [3.05, 3.63) is 0 Å². The molecule has 0 aliphatic rings. The van der Waals surface area contributed by atoms with Gasteiger partial charge in [-0.05, 0) is 0 Å². The molecule has 4 N–H and O–H groups in total. The predicted molar refractivity (Wildman–Crippen MR) is 29.7 cm³/mol. The maximum absolute atomic E-state index is 9.78. The molecule has 52 valence electrons. The molecule has 0 heterocycles. The van der Waals surface area contributed by atoms with Crippen LogP contribution in [0, 0.1) is 0 Å². The van der Waals surface area contributed by atoms with E-state index in [1.165, 1.54) is 0 Å². The molecule has 0 rings (SSSR count). The van der Waals surface area contributed by atoms with E-state index in [9.17, 15) is 8.42 Å². The molecule has 9 heavy (non-hydrogen) atoms. The Kier molecular flexibility index (Phi) is 7.78. The molecule has 0 unspecified atom stereocenters. The van der Waals surface area contributed by atoms with Crippen molar-refractivity contribution in [3.63, 3.8) is 0 Å². The molecule has 0 aromatic rings. The Morgan fingerprint density at radius 2 is 2.11 bits per heavy atom. The molecule has 0 aromatic carbocycles. The summed E-state index contributed by atoms with van der Waals surface area (Å²) in [7, 11) is -4.02. The molecule has 0 bridgehead atoms. The van der Waals surface area contributed by atoms with E-state index in [4.69, 9.17) is 10.3 Å². The second-order valence-corrected chi connectivity index (χ2v) is 2.40. The molecule has 0 aromatic heterocycles. The van der Waals surface area contributed by atoms with E-state index in [0.29, 0.717) is 0 Å². The zero-order valence-electron chi connectivity index (χ0n) is 6.16. The average molecular weight is 164 g/mol. The second-order valence-electron chi connectivity index (χ2n) is 1.16. The molecular weight excluding hydrogens is 155 g/mol. The summed E-state index contributed by atoms with van der Waals surface area (Å²) < 4.78 is 29.3. The minimum atomic E-state index is -4.02. The number of nitrogens with one attached hydrogen (secondary N) is 1. The molecule has 0 aliphatic heterocycles. The fraction of sp³-hybridized carbons (Fsp3) is 1.00. The van der Waals surface area contributed by atoms with Crippen molar-refractivity contribution in [3.8, 4) is 0 Å². The first-order valence-electron chi connectivity index (χ1n) is 1.98. The van der Waals surface area contributed by atoms with Gasteiger partial charge in [0.25, 0.3) is 0 Å². The number of rotatable bonds is 3. The third-order valence-corrected chi connectivity index (χ3v) is 0.998. The fourth-order valence-electron chi connectivity index (χ4n) is 0.188. The molecule has 0 spiro atoms.